The third-order valence-corrected chi connectivity index (χ3v) is 5.99. The highest BCUT2D eigenvalue weighted by atomic mass is 31.1. The summed E-state index contributed by atoms with van der Waals surface area (Å²) in [5.41, 5.74) is 2.42. The van der Waals surface area contributed by atoms with Gasteiger partial charge < -0.3 is 35.0 Å². The molecule has 3 aromatic carbocycles. The van der Waals surface area contributed by atoms with E-state index in [1.165, 1.54) is 6.07 Å². The number of aliphatic hydroxyl groups is 2. The number of hydrogen-bond acceptors (Lipinski definition) is 7. The van der Waals surface area contributed by atoms with Crippen molar-refractivity contribution in [3.63, 3.8) is 0 Å². The van der Waals surface area contributed by atoms with Gasteiger partial charge in [0.25, 0.3) is 0 Å². The van der Waals surface area contributed by atoms with E-state index >= 15 is 0 Å². The highest BCUT2D eigenvalue weighted by molar-refractivity contribution is 7.47. The second kappa shape index (κ2) is 13.1. The fourth-order valence-corrected chi connectivity index (χ4v) is 3.65. The van der Waals surface area contributed by atoms with Crippen LogP contribution in [0.3, 0.4) is 0 Å². The van der Waals surface area contributed by atoms with Crippen LogP contribution in [0, 0.1) is 0 Å². The second-order valence-corrected chi connectivity index (χ2v) is 8.99. The highest BCUT2D eigenvalue weighted by Gasteiger charge is 2.07. The van der Waals surface area contributed by atoms with Gasteiger partial charge in [0.2, 0.25) is 8.03 Å². The predicted octanol–water partition coefficient (Wildman–Crippen LogP) is 2.13. The molecule has 3 rings (SSSR count). The molecule has 3 aromatic rings. The summed E-state index contributed by atoms with van der Waals surface area (Å²) in [7, 11) is -2.66. The van der Waals surface area contributed by atoms with Gasteiger partial charge in [-0.1, -0.05) is 24.3 Å². The van der Waals surface area contributed by atoms with Crippen molar-refractivity contribution in [3.05, 3.63) is 83.4 Å². The Balaban J connectivity index is 1.33. The van der Waals surface area contributed by atoms with Crippen molar-refractivity contribution < 1.29 is 34.3 Å². The lowest BCUT2D eigenvalue weighted by atomic mass is 10.1. The largest absolute Gasteiger partial charge is 0.508 e. The molecule has 5 N–H and O–H groups in total. The summed E-state index contributed by atoms with van der Waals surface area (Å²) in [5, 5.41) is 32.5. The van der Waals surface area contributed by atoms with Gasteiger partial charge >= 0.3 is 0 Å². The summed E-state index contributed by atoms with van der Waals surface area (Å²) in [5.74, 6) is 1.22. The Morgan fingerprint density at radius 3 is 2.26 bits per heavy atom. The van der Waals surface area contributed by atoms with Gasteiger partial charge in [-0.2, -0.15) is 0 Å². The maximum Gasteiger partial charge on any atom is 0.218 e. The van der Waals surface area contributed by atoms with Crippen LogP contribution in [-0.4, -0.2) is 46.0 Å². The first-order valence-electron chi connectivity index (χ1n) is 10.9. The van der Waals surface area contributed by atoms with Gasteiger partial charge in [0.05, 0.1) is 6.61 Å². The molecule has 0 radical (unpaired) electrons. The fraction of sp³-hybridized carbons (Fsp3) is 0.280. The SMILES string of the molecule is O=[PH](O)c1ccc(COc2ccc(CCNCC(O)COc3ccc(O)c(CO)c3)cc2)cc1. The summed E-state index contributed by atoms with van der Waals surface area (Å²) >= 11 is 0. The van der Waals surface area contributed by atoms with Crippen molar-refractivity contribution in [3.8, 4) is 17.2 Å². The average Bonchev–Trinajstić information content (AvgIpc) is 2.85. The molecule has 0 fully saturated rings. The van der Waals surface area contributed by atoms with E-state index < -0.39 is 14.1 Å². The highest BCUT2D eigenvalue weighted by Crippen LogP contribution is 2.23. The quantitative estimate of drug-likeness (QED) is 0.183. The minimum atomic E-state index is -2.66. The zero-order valence-corrected chi connectivity index (χ0v) is 19.7. The molecule has 8 nitrogen and oxygen atoms in total. The van der Waals surface area contributed by atoms with Gasteiger partial charge in [-0.25, -0.2) is 0 Å². The molecule has 0 amide bonds. The van der Waals surface area contributed by atoms with Crippen LogP contribution in [0.5, 0.6) is 17.2 Å². The molecule has 182 valence electrons. The summed E-state index contributed by atoms with van der Waals surface area (Å²) in [4.78, 5) is 9.12. The van der Waals surface area contributed by atoms with Crippen LogP contribution in [0.2, 0.25) is 0 Å². The summed E-state index contributed by atoms with van der Waals surface area (Å²) < 4.78 is 22.4. The van der Waals surface area contributed by atoms with E-state index in [4.69, 9.17) is 14.4 Å². The van der Waals surface area contributed by atoms with E-state index in [0.29, 0.717) is 36.3 Å². The van der Waals surface area contributed by atoms with Crippen LogP contribution in [0.1, 0.15) is 16.7 Å². The van der Waals surface area contributed by atoms with Crippen molar-refractivity contribution in [1.29, 1.82) is 0 Å². The Bertz CT molecular complexity index is 1060. The Morgan fingerprint density at radius 2 is 1.59 bits per heavy atom. The number of hydrogen-bond donors (Lipinski definition) is 5. The maximum atomic E-state index is 11.1. The molecule has 34 heavy (non-hydrogen) atoms. The number of rotatable bonds is 13. The first-order chi connectivity index (χ1) is 16.4. The van der Waals surface area contributed by atoms with E-state index in [9.17, 15) is 19.9 Å². The number of benzene rings is 3. The molecule has 0 aliphatic heterocycles. The minimum absolute atomic E-state index is 0.00517. The molecule has 0 bridgehead atoms. The smallest absolute Gasteiger partial charge is 0.218 e. The van der Waals surface area contributed by atoms with Crippen LogP contribution in [0.4, 0.5) is 0 Å². The molecule has 0 saturated carbocycles. The Morgan fingerprint density at radius 1 is 0.912 bits per heavy atom. The average molecular weight is 487 g/mol. The van der Waals surface area contributed by atoms with Crippen molar-refractivity contribution in [1.82, 2.24) is 5.32 Å². The molecular formula is C25H30NO7P. The molecule has 0 heterocycles. The van der Waals surface area contributed by atoms with Crippen molar-refractivity contribution >= 4 is 13.3 Å². The summed E-state index contributed by atoms with van der Waals surface area (Å²) in [6, 6.07) is 19.2. The molecule has 0 spiro atoms. The predicted molar refractivity (Wildman–Crippen MR) is 130 cm³/mol. The molecule has 0 aliphatic carbocycles. The number of phenols is 1. The molecule has 2 atom stereocenters. The molecular weight excluding hydrogens is 457 g/mol. The first kappa shape index (κ1) is 25.7. The fourth-order valence-electron chi connectivity index (χ4n) is 3.19. The van der Waals surface area contributed by atoms with Gasteiger partial charge in [-0.3, -0.25) is 4.57 Å². The molecule has 0 saturated heterocycles. The molecule has 0 aliphatic rings. The van der Waals surface area contributed by atoms with Gasteiger partial charge in [0.1, 0.15) is 36.6 Å². The van der Waals surface area contributed by atoms with E-state index in [0.717, 1.165) is 23.3 Å². The monoisotopic (exact) mass is 487 g/mol. The molecule has 2 unspecified atom stereocenters. The lowest BCUT2D eigenvalue weighted by Crippen LogP contribution is -2.32. The summed E-state index contributed by atoms with van der Waals surface area (Å²) in [6.45, 7) is 1.24. The minimum Gasteiger partial charge on any atom is -0.508 e. The molecule has 9 heteroatoms. The summed E-state index contributed by atoms with van der Waals surface area (Å²) in [6.07, 6.45) is 0.0860. The molecule has 0 aromatic heterocycles. The van der Waals surface area contributed by atoms with E-state index in [1.54, 1.807) is 36.4 Å². The van der Waals surface area contributed by atoms with E-state index in [2.05, 4.69) is 5.32 Å². The van der Waals surface area contributed by atoms with Gasteiger partial charge in [0, 0.05) is 17.4 Å². The van der Waals surface area contributed by atoms with Crippen LogP contribution in [0.25, 0.3) is 0 Å². The van der Waals surface area contributed by atoms with Gasteiger partial charge in [-0.15, -0.1) is 0 Å². The van der Waals surface area contributed by atoms with Crippen molar-refractivity contribution in [2.45, 2.75) is 25.7 Å². The topological polar surface area (TPSA) is 128 Å². The third-order valence-electron chi connectivity index (χ3n) is 5.16. The van der Waals surface area contributed by atoms with Gasteiger partial charge in [-0.05, 0) is 66.6 Å². The second-order valence-electron chi connectivity index (χ2n) is 7.80. The number of aliphatic hydroxyl groups excluding tert-OH is 2. The lowest BCUT2D eigenvalue weighted by Gasteiger charge is -2.14. The zero-order chi connectivity index (χ0) is 24.3. The Labute approximate surface area is 199 Å². The third kappa shape index (κ3) is 8.17. The van der Waals surface area contributed by atoms with Crippen molar-refractivity contribution in [2.24, 2.45) is 0 Å². The van der Waals surface area contributed by atoms with Crippen LogP contribution >= 0.6 is 8.03 Å². The van der Waals surface area contributed by atoms with Gasteiger partial charge in [0.15, 0.2) is 0 Å². The van der Waals surface area contributed by atoms with E-state index in [-0.39, 0.29) is 19.0 Å². The Kier molecular flexibility index (Phi) is 9.94. The Hall–Kier alpha value is -2.87. The standard InChI is InChI=1S/C25H30NO7P/c27-15-20-13-23(7-10-25(20)29)33-17-21(28)14-26-12-11-18-1-5-22(6-2-18)32-16-19-3-8-24(9-4-19)34(30)31/h1-10,13,21,26-29,34H,11-12,14-17H2,(H,30,31). The zero-order valence-electron chi connectivity index (χ0n) is 18.7. The number of nitrogens with one attached hydrogen (secondary N) is 1. The van der Waals surface area contributed by atoms with Crippen LogP contribution < -0.4 is 20.1 Å². The lowest BCUT2D eigenvalue weighted by molar-refractivity contribution is 0.106. The van der Waals surface area contributed by atoms with Crippen LogP contribution in [0.15, 0.2) is 66.7 Å². The number of ether oxygens (including phenoxy) is 2. The number of aromatic hydroxyl groups is 1. The maximum absolute atomic E-state index is 11.1. The van der Waals surface area contributed by atoms with E-state index in [1.807, 2.05) is 24.3 Å². The van der Waals surface area contributed by atoms with Crippen molar-refractivity contribution in [2.75, 3.05) is 19.7 Å². The normalized spacial score (nSPS) is 12.8. The van der Waals surface area contributed by atoms with Crippen LogP contribution in [-0.2, 0) is 24.2 Å². The first-order valence-corrected chi connectivity index (χ1v) is 12.3.